The second kappa shape index (κ2) is 6.59. The van der Waals surface area contributed by atoms with Gasteiger partial charge in [-0.15, -0.1) is 10.2 Å². The molecule has 0 unspecified atom stereocenters. The number of H-pyrrole nitrogens is 1. The van der Waals surface area contributed by atoms with Crippen molar-refractivity contribution in [3.8, 4) is 11.4 Å². The second-order valence-electron chi connectivity index (χ2n) is 6.90. The number of fused-ring (bicyclic) bond motifs is 3. The monoisotopic (exact) mass is 386 g/mol. The molecule has 5 rings (SSSR count). The molecule has 0 radical (unpaired) electrons. The van der Waals surface area contributed by atoms with Gasteiger partial charge in [-0.1, -0.05) is 60.7 Å². The summed E-state index contributed by atoms with van der Waals surface area (Å²) < 4.78 is 5.05. The highest BCUT2D eigenvalue weighted by Crippen LogP contribution is 2.24. The Labute approximate surface area is 164 Å². The minimum Gasteiger partial charge on any atom is -0.302 e. The van der Waals surface area contributed by atoms with Crippen LogP contribution in [0.3, 0.4) is 0 Å². The van der Waals surface area contributed by atoms with Gasteiger partial charge in [-0.05, 0) is 12.0 Å². The molecule has 8 heteroatoms. The summed E-state index contributed by atoms with van der Waals surface area (Å²) >= 11 is 0. The predicted molar refractivity (Wildman–Crippen MR) is 110 cm³/mol. The van der Waals surface area contributed by atoms with Crippen LogP contribution >= 0.6 is 0 Å². The van der Waals surface area contributed by atoms with Crippen molar-refractivity contribution in [2.45, 2.75) is 13.0 Å². The number of nitrogens with one attached hydrogen (secondary N) is 1. The zero-order valence-corrected chi connectivity index (χ0v) is 15.7. The van der Waals surface area contributed by atoms with E-state index < -0.39 is 11.2 Å². The first-order valence-corrected chi connectivity index (χ1v) is 9.31. The molecule has 3 heterocycles. The SMILES string of the molecule is Cn1c(=O)[nH]c(=O)c2c1n1c(-c3ccccc3)nnc1n2CCc1ccccc1. The zero-order valence-electron chi connectivity index (χ0n) is 15.7. The molecule has 0 amide bonds. The van der Waals surface area contributed by atoms with Gasteiger partial charge in [-0.3, -0.25) is 14.3 Å². The Balaban J connectivity index is 1.80. The molecule has 3 aromatic heterocycles. The second-order valence-corrected chi connectivity index (χ2v) is 6.90. The molecule has 0 saturated heterocycles. The van der Waals surface area contributed by atoms with Gasteiger partial charge in [-0.2, -0.15) is 0 Å². The van der Waals surface area contributed by atoms with E-state index in [0.29, 0.717) is 29.3 Å². The quantitative estimate of drug-likeness (QED) is 0.511. The van der Waals surface area contributed by atoms with E-state index in [1.807, 2.05) is 65.2 Å². The molecule has 144 valence electrons. The molecule has 0 aliphatic heterocycles. The maximum absolute atomic E-state index is 12.7. The van der Waals surface area contributed by atoms with Crippen LogP contribution in [0, 0.1) is 0 Å². The minimum absolute atomic E-state index is 0.408. The molecule has 2 aromatic carbocycles. The lowest BCUT2D eigenvalue weighted by molar-refractivity contribution is 0.724. The minimum atomic E-state index is -0.475. The fourth-order valence-electron chi connectivity index (χ4n) is 3.71. The third kappa shape index (κ3) is 2.68. The van der Waals surface area contributed by atoms with Crippen molar-refractivity contribution in [2.75, 3.05) is 0 Å². The summed E-state index contributed by atoms with van der Waals surface area (Å²) in [5, 5.41) is 8.72. The number of aryl methyl sites for hydroxylation is 3. The standard InChI is InChI=1S/C21H18N6O2/c1-25-19-16(18(28)22-21(25)29)26(13-12-14-8-4-2-5-9-14)20-24-23-17(27(19)20)15-10-6-3-7-11-15/h2-11H,12-13H2,1H3,(H,22,28,29). The normalized spacial score (nSPS) is 11.5. The summed E-state index contributed by atoms with van der Waals surface area (Å²) in [6, 6.07) is 19.6. The van der Waals surface area contributed by atoms with E-state index in [4.69, 9.17) is 0 Å². The van der Waals surface area contributed by atoms with Crippen LogP contribution in [0.1, 0.15) is 5.56 Å². The van der Waals surface area contributed by atoms with Crippen LogP contribution in [0.25, 0.3) is 28.3 Å². The smallest absolute Gasteiger partial charge is 0.302 e. The molecule has 5 aromatic rings. The van der Waals surface area contributed by atoms with E-state index >= 15 is 0 Å². The van der Waals surface area contributed by atoms with Crippen LogP contribution in [-0.4, -0.2) is 28.7 Å². The summed E-state index contributed by atoms with van der Waals surface area (Å²) in [5.74, 6) is 1.12. The molecule has 0 atom stereocenters. The third-order valence-corrected chi connectivity index (χ3v) is 5.14. The van der Waals surface area contributed by atoms with Crippen molar-refractivity contribution >= 4 is 16.9 Å². The molecule has 1 N–H and O–H groups in total. The van der Waals surface area contributed by atoms with E-state index in [9.17, 15) is 9.59 Å². The number of rotatable bonds is 4. The largest absolute Gasteiger partial charge is 0.329 e. The maximum atomic E-state index is 12.7. The molecule has 8 nitrogen and oxygen atoms in total. The van der Waals surface area contributed by atoms with E-state index in [-0.39, 0.29) is 0 Å². The van der Waals surface area contributed by atoms with Crippen LogP contribution in [0.2, 0.25) is 0 Å². The molecule has 0 aliphatic carbocycles. The first-order chi connectivity index (χ1) is 14.1. The van der Waals surface area contributed by atoms with Crippen molar-refractivity contribution in [1.29, 1.82) is 0 Å². The molecule has 0 fully saturated rings. The molecular weight excluding hydrogens is 368 g/mol. The highest BCUT2D eigenvalue weighted by Gasteiger charge is 2.22. The molecule has 29 heavy (non-hydrogen) atoms. The van der Waals surface area contributed by atoms with Gasteiger partial charge in [0.05, 0.1) is 0 Å². The van der Waals surface area contributed by atoms with Gasteiger partial charge < -0.3 is 4.57 Å². The third-order valence-electron chi connectivity index (χ3n) is 5.14. The first-order valence-electron chi connectivity index (χ1n) is 9.31. The Morgan fingerprint density at radius 2 is 1.62 bits per heavy atom. The Kier molecular flexibility index (Phi) is 3.90. The lowest BCUT2D eigenvalue weighted by atomic mass is 10.1. The maximum Gasteiger partial charge on any atom is 0.329 e. The van der Waals surface area contributed by atoms with Gasteiger partial charge in [0.15, 0.2) is 17.0 Å². The van der Waals surface area contributed by atoms with Gasteiger partial charge in [-0.25, -0.2) is 9.20 Å². The van der Waals surface area contributed by atoms with Crippen molar-refractivity contribution in [3.05, 3.63) is 87.1 Å². The average molecular weight is 386 g/mol. The molecule has 0 saturated carbocycles. The van der Waals surface area contributed by atoms with Gasteiger partial charge in [0.2, 0.25) is 5.78 Å². The molecule has 0 aliphatic rings. The summed E-state index contributed by atoms with van der Waals surface area (Å²) in [6.45, 7) is 0.533. The first kappa shape index (κ1) is 17.2. The Bertz CT molecular complexity index is 1440. The van der Waals surface area contributed by atoms with Crippen molar-refractivity contribution < 1.29 is 0 Å². The summed E-state index contributed by atoms with van der Waals surface area (Å²) in [5.41, 5.74) is 1.99. The number of hydrogen-bond donors (Lipinski definition) is 1. The van der Waals surface area contributed by atoms with Crippen LogP contribution in [-0.2, 0) is 20.0 Å². The number of benzene rings is 2. The lowest BCUT2D eigenvalue weighted by Gasteiger charge is -2.05. The fraction of sp³-hybridized carbons (Fsp3) is 0.143. The Morgan fingerprint density at radius 1 is 0.931 bits per heavy atom. The Hall–Kier alpha value is -3.94. The molecule has 0 spiro atoms. The van der Waals surface area contributed by atoms with Gasteiger partial charge >= 0.3 is 5.69 Å². The number of nitrogens with zero attached hydrogens (tertiary/aromatic N) is 5. The van der Waals surface area contributed by atoms with Gasteiger partial charge in [0, 0.05) is 19.2 Å². The number of aromatic nitrogens is 6. The topological polar surface area (TPSA) is 90.0 Å². The van der Waals surface area contributed by atoms with Crippen LogP contribution in [0.15, 0.2) is 70.3 Å². The number of aromatic amines is 1. The van der Waals surface area contributed by atoms with Crippen molar-refractivity contribution in [3.63, 3.8) is 0 Å². The van der Waals surface area contributed by atoms with Crippen LogP contribution in [0.5, 0.6) is 0 Å². The molecular formula is C21H18N6O2. The van der Waals surface area contributed by atoms with Crippen molar-refractivity contribution in [2.24, 2.45) is 7.05 Å². The fourth-order valence-corrected chi connectivity index (χ4v) is 3.71. The van der Waals surface area contributed by atoms with E-state index in [1.54, 1.807) is 11.4 Å². The predicted octanol–water partition coefficient (Wildman–Crippen LogP) is 1.98. The van der Waals surface area contributed by atoms with Gasteiger partial charge in [0.1, 0.15) is 0 Å². The van der Waals surface area contributed by atoms with Gasteiger partial charge in [0.25, 0.3) is 5.56 Å². The number of hydrogen-bond acceptors (Lipinski definition) is 4. The highest BCUT2D eigenvalue weighted by molar-refractivity contribution is 5.79. The summed E-state index contributed by atoms with van der Waals surface area (Å²) in [4.78, 5) is 27.4. The Morgan fingerprint density at radius 3 is 2.34 bits per heavy atom. The average Bonchev–Trinajstić information content (AvgIpc) is 3.31. The lowest BCUT2D eigenvalue weighted by Crippen LogP contribution is -2.29. The number of imidazole rings is 1. The summed E-state index contributed by atoms with van der Waals surface area (Å²) in [6.07, 6.45) is 0.718. The molecule has 0 bridgehead atoms. The summed E-state index contributed by atoms with van der Waals surface area (Å²) in [7, 11) is 1.64. The van der Waals surface area contributed by atoms with E-state index in [2.05, 4.69) is 15.2 Å². The van der Waals surface area contributed by atoms with Crippen molar-refractivity contribution in [1.82, 2.24) is 28.7 Å². The van der Waals surface area contributed by atoms with Crippen LogP contribution in [0.4, 0.5) is 0 Å². The van der Waals surface area contributed by atoms with E-state index in [1.165, 1.54) is 4.57 Å². The highest BCUT2D eigenvalue weighted by atomic mass is 16.2. The zero-order chi connectivity index (χ0) is 20.0. The van der Waals surface area contributed by atoms with Crippen LogP contribution < -0.4 is 11.2 Å². The van der Waals surface area contributed by atoms with E-state index in [0.717, 1.165) is 17.5 Å².